The summed E-state index contributed by atoms with van der Waals surface area (Å²) in [6, 6.07) is 0. The van der Waals surface area contributed by atoms with Crippen LogP contribution in [0.25, 0.3) is 0 Å². The van der Waals surface area contributed by atoms with E-state index in [1.165, 1.54) is 0 Å². The zero-order chi connectivity index (χ0) is 8.43. The molecular weight excluding hydrogens is 144 g/mol. The van der Waals surface area contributed by atoms with E-state index in [0.29, 0.717) is 5.82 Å². The van der Waals surface area contributed by atoms with Gasteiger partial charge in [0.2, 0.25) is 5.78 Å². The maximum absolute atomic E-state index is 11.2. The second-order valence-electron chi connectivity index (χ2n) is 2.67. The maximum Gasteiger partial charge on any atom is 0.294 e. The van der Waals surface area contributed by atoms with Crippen molar-refractivity contribution in [2.45, 2.75) is 20.8 Å². The molecule has 4 heteroatoms. The molecule has 0 aliphatic carbocycles. The summed E-state index contributed by atoms with van der Waals surface area (Å²) in [4.78, 5) is 15.0. The Morgan fingerprint density at radius 2 is 2.18 bits per heavy atom. The molecular formula is C7H10N2O2. The quantitative estimate of drug-likeness (QED) is 0.601. The number of aryl methyl sites for hydroxylation is 1. The fraction of sp³-hybridized carbons (Fsp3) is 0.571. The van der Waals surface area contributed by atoms with Crippen LogP contribution in [0.1, 0.15) is 30.4 Å². The normalized spacial score (nSPS) is 10.5. The molecule has 0 unspecified atom stereocenters. The molecule has 60 valence electrons. The summed E-state index contributed by atoms with van der Waals surface area (Å²) in [6.07, 6.45) is 0. The van der Waals surface area contributed by atoms with Gasteiger partial charge in [-0.05, 0) is 6.92 Å². The van der Waals surface area contributed by atoms with Crippen molar-refractivity contribution >= 4 is 5.78 Å². The molecule has 0 amide bonds. The van der Waals surface area contributed by atoms with Gasteiger partial charge in [-0.3, -0.25) is 4.79 Å². The standard InChI is InChI=1S/C7H10N2O2/c1-4(2)6(10)7-8-5(3)9-11-7/h4H,1-3H3. The Bertz CT molecular complexity index is 265. The molecule has 0 radical (unpaired) electrons. The van der Waals surface area contributed by atoms with Crippen LogP contribution in [0, 0.1) is 12.8 Å². The van der Waals surface area contributed by atoms with Crippen LogP contribution in [0.15, 0.2) is 4.52 Å². The first-order valence-corrected chi connectivity index (χ1v) is 3.46. The highest BCUT2D eigenvalue weighted by molar-refractivity contribution is 5.92. The van der Waals surface area contributed by atoms with Crippen LogP contribution in [0.4, 0.5) is 0 Å². The van der Waals surface area contributed by atoms with Crippen LogP contribution in [0.3, 0.4) is 0 Å². The molecule has 0 atom stereocenters. The molecule has 1 rings (SSSR count). The van der Waals surface area contributed by atoms with Crippen molar-refractivity contribution in [3.8, 4) is 0 Å². The molecule has 0 aliphatic rings. The summed E-state index contributed by atoms with van der Waals surface area (Å²) >= 11 is 0. The highest BCUT2D eigenvalue weighted by Crippen LogP contribution is 2.04. The summed E-state index contributed by atoms with van der Waals surface area (Å²) in [5, 5.41) is 3.51. The van der Waals surface area contributed by atoms with Gasteiger partial charge in [0.25, 0.3) is 5.89 Å². The van der Waals surface area contributed by atoms with Gasteiger partial charge in [-0.25, -0.2) is 0 Å². The van der Waals surface area contributed by atoms with Gasteiger partial charge in [0.15, 0.2) is 5.82 Å². The first-order valence-electron chi connectivity index (χ1n) is 3.46. The predicted octanol–water partition coefficient (Wildman–Crippen LogP) is 1.22. The number of hydrogen-bond acceptors (Lipinski definition) is 4. The molecule has 0 fully saturated rings. The number of Topliss-reactive ketones (excluding diaryl/α,β-unsaturated/α-hetero) is 1. The highest BCUT2D eigenvalue weighted by atomic mass is 16.5. The molecule has 0 N–H and O–H groups in total. The van der Waals surface area contributed by atoms with Gasteiger partial charge in [-0.15, -0.1) is 0 Å². The van der Waals surface area contributed by atoms with Crippen molar-refractivity contribution in [1.29, 1.82) is 0 Å². The van der Waals surface area contributed by atoms with Crippen LogP contribution < -0.4 is 0 Å². The summed E-state index contributed by atoms with van der Waals surface area (Å²) in [5.41, 5.74) is 0. The van der Waals surface area contributed by atoms with Crippen LogP contribution >= 0.6 is 0 Å². The highest BCUT2D eigenvalue weighted by Gasteiger charge is 2.16. The third-order valence-electron chi connectivity index (χ3n) is 1.26. The van der Waals surface area contributed by atoms with Gasteiger partial charge in [0, 0.05) is 5.92 Å². The van der Waals surface area contributed by atoms with E-state index in [-0.39, 0.29) is 17.6 Å². The zero-order valence-electron chi connectivity index (χ0n) is 6.79. The lowest BCUT2D eigenvalue weighted by Crippen LogP contribution is -2.07. The largest absolute Gasteiger partial charge is 0.331 e. The van der Waals surface area contributed by atoms with E-state index in [0.717, 1.165) is 0 Å². The minimum atomic E-state index is -0.106. The van der Waals surface area contributed by atoms with E-state index in [9.17, 15) is 4.79 Å². The molecule has 11 heavy (non-hydrogen) atoms. The number of ketones is 1. The van der Waals surface area contributed by atoms with Crippen molar-refractivity contribution in [3.63, 3.8) is 0 Å². The molecule has 1 aromatic rings. The molecule has 0 saturated carbocycles. The van der Waals surface area contributed by atoms with Gasteiger partial charge >= 0.3 is 0 Å². The van der Waals surface area contributed by atoms with E-state index >= 15 is 0 Å². The molecule has 0 bridgehead atoms. The van der Waals surface area contributed by atoms with E-state index in [1.807, 2.05) is 0 Å². The summed E-state index contributed by atoms with van der Waals surface area (Å²) in [7, 11) is 0. The van der Waals surface area contributed by atoms with E-state index in [1.54, 1.807) is 20.8 Å². The average molecular weight is 154 g/mol. The Balaban J connectivity index is 2.85. The Morgan fingerprint density at radius 3 is 2.55 bits per heavy atom. The fourth-order valence-corrected chi connectivity index (χ4v) is 0.644. The lowest BCUT2D eigenvalue weighted by molar-refractivity contribution is 0.0895. The topological polar surface area (TPSA) is 56.0 Å². The van der Waals surface area contributed by atoms with E-state index in [2.05, 4.69) is 14.7 Å². The SMILES string of the molecule is Cc1noc(C(=O)C(C)C)n1. The van der Waals surface area contributed by atoms with E-state index in [4.69, 9.17) is 0 Å². The number of rotatable bonds is 2. The van der Waals surface area contributed by atoms with Gasteiger partial charge in [-0.1, -0.05) is 19.0 Å². The van der Waals surface area contributed by atoms with Crippen LogP contribution in [0.2, 0.25) is 0 Å². The second-order valence-corrected chi connectivity index (χ2v) is 2.67. The number of carbonyl (C=O) groups excluding carboxylic acids is 1. The molecule has 1 aromatic heterocycles. The average Bonchev–Trinajstić information content (AvgIpc) is 2.34. The minimum absolute atomic E-state index is 0.0881. The first kappa shape index (κ1) is 7.91. The molecule has 4 nitrogen and oxygen atoms in total. The Hall–Kier alpha value is -1.19. The molecule has 1 heterocycles. The number of nitrogens with zero attached hydrogens (tertiary/aromatic N) is 2. The van der Waals surface area contributed by atoms with Crippen molar-refractivity contribution in [2.24, 2.45) is 5.92 Å². The zero-order valence-corrected chi connectivity index (χ0v) is 6.79. The van der Waals surface area contributed by atoms with Crippen LogP contribution in [-0.4, -0.2) is 15.9 Å². The van der Waals surface area contributed by atoms with Crippen molar-refractivity contribution < 1.29 is 9.32 Å². The lowest BCUT2D eigenvalue weighted by Gasteiger charge is -1.94. The second kappa shape index (κ2) is 2.82. The van der Waals surface area contributed by atoms with Crippen molar-refractivity contribution in [1.82, 2.24) is 10.1 Å². The summed E-state index contributed by atoms with van der Waals surface area (Å²) < 4.78 is 4.68. The van der Waals surface area contributed by atoms with Crippen LogP contribution in [-0.2, 0) is 0 Å². The van der Waals surface area contributed by atoms with Gasteiger partial charge in [-0.2, -0.15) is 4.98 Å². The number of hydrogen-bond donors (Lipinski definition) is 0. The Kier molecular flexibility index (Phi) is 2.03. The maximum atomic E-state index is 11.2. The van der Waals surface area contributed by atoms with Gasteiger partial charge in [0.05, 0.1) is 0 Å². The van der Waals surface area contributed by atoms with Crippen molar-refractivity contribution in [2.75, 3.05) is 0 Å². The molecule has 0 spiro atoms. The summed E-state index contributed by atoms with van der Waals surface area (Å²) in [6.45, 7) is 5.27. The predicted molar refractivity (Wildman–Crippen MR) is 38.2 cm³/mol. The fourth-order valence-electron chi connectivity index (χ4n) is 0.644. The van der Waals surface area contributed by atoms with Crippen LogP contribution in [0.5, 0.6) is 0 Å². The van der Waals surface area contributed by atoms with Crippen molar-refractivity contribution in [3.05, 3.63) is 11.7 Å². The number of carbonyl (C=O) groups is 1. The monoisotopic (exact) mass is 154 g/mol. The molecule has 0 saturated heterocycles. The van der Waals surface area contributed by atoms with Gasteiger partial charge in [0.1, 0.15) is 0 Å². The molecule has 0 aliphatic heterocycles. The van der Waals surface area contributed by atoms with E-state index < -0.39 is 0 Å². The molecule has 0 aromatic carbocycles. The minimum Gasteiger partial charge on any atom is -0.331 e. The van der Waals surface area contributed by atoms with Gasteiger partial charge < -0.3 is 4.52 Å². The third-order valence-corrected chi connectivity index (χ3v) is 1.26. The summed E-state index contributed by atoms with van der Waals surface area (Å²) in [5.74, 6) is 0.409. The Labute approximate surface area is 64.6 Å². The third kappa shape index (κ3) is 1.63. The Morgan fingerprint density at radius 1 is 1.55 bits per heavy atom. The smallest absolute Gasteiger partial charge is 0.294 e. The first-order chi connectivity index (χ1) is 5.11. The lowest BCUT2D eigenvalue weighted by atomic mass is 10.1. The number of aromatic nitrogens is 2.